The number of amides is 2. The number of hydrogen-bond donors (Lipinski definition) is 0. The summed E-state index contributed by atoms with van der Waals surface area (Å²) in [6.45, 7) is 1.46. The topological polar surface area (TPSA) is 49.9 Å². The lowest BCUT2D eigenvalue weighted by atomic mass is 10.0. The van der Waals surface area contributed by atoms with Crippen LogP contribution in [-0.4, -0.2) is 49.6 Å². The quantitative estimate of drug-likeness (QED) is 0.849. The van der Waals surface area contributed by atoms with Crippen LogP contribution < -0.4 is 4.90 Å². The van der Waals surface area contributed by atoms with Crippen molar-refractivity contribution >= 4 is 17.5 Å². The molecule has 0 spiro atoms. The van der Waals surface area contributed by atoms with Gasteiger partial charge in [-0.25, -0.2) is 0 Å². The van der Waals surface area contributed by atoms with Gasteiger partial charge in [0.05, 0.1) is 12.6 Å². The van der Waals surface area contributed by atoms with Crippen LogP contribution in [0, 0.1) is 0 Å². The van der Waals surface area contributed by atoms with Crippen molar-refractivity contribution in [3.8, 4) is 0 Å². The molecule has 0 N–H and O–H groups in total. The van der Waals surface area contributed by atoms with E-state index in [4.69, 9.17) is 4.74 Å². The van der Waals surface area contributed by atoms with Crippen LogP contribution in [0.25, 0.3) is 0 Å². The van der Waals surface area contributed by atoms with E-state index in [0.717, 1.165) is 37.1 Å². The van der Waals surface area contributed by atoms with Gasteiger partial charge in [-0.2, -0.15) is 0 Å². The zero-order valence-corrected chi connectivity index (χ0v) is 13.0. The maximum Gasteiger partial charge on any atom is 0.242 e. The Labute approximate surface area is 130 Å². The highest BCUT2D eigenvalue weighted by molar-refractivity contribution is 6.01. The summed E-state index contributed by atoms with van der Waals surface area (Å²) in [5.74, 6) is 0.0548. The summed E-state index contributed by atoms with van der Waals surface area (Å²) in [4.78, 5) is 28.4. The molecule has 1 fully saturated rings. The van der Waals surface area contributed by atoms with Gasteiger partial charge >= 0.3 is 0 Å². The lowest BCUT2D eigenvalue weighted by Gasteiger charge is -2.32. The predicted octanol–water partition coefficient (Wildman–Crippen LogP) is 1.60. The van der Waals surface area contributed by atoms with Gasteiger partial charge in [-0.3, -0.25) is 9.59 Å². The Bertz CT molecular complexity index is 573. The third kappa shape index (κ3) is 2.86. The Hall–Kier alpha value is -1.88. The first-order valence-corrected chi connectivity index (χ1v) is 7.87. The molecular weight excluding hydrogens is 280 g/mol. The molecule has 118 valence electrons. The predicted molar refractivity (Wildman–Crippen MR) is 83.7 cm³/mol. The molecule has 0 saturated carbocycles. The monoisotopic (exact) mass is 302 g/mol. The molecule has 3 rings (SSSR count). The first-order valence-electron chi connectivity index (χ1n) is 7.87. The van der Waals surface area contributed by atoms with E-state index in [0.29, 0.717) is 13.0 Å². The van der Waals surface area contributed by atoms with E-state index < -0.39 is 0 Å². The number of aryl methyl sites for hydroxylation is 1. The van der Waals surface area contributed by atoms with Crippen molar-refractivity contribution in [3.63, 3.8) is 0 Å². The molecule has 5 heteroatoms. The summed E-state index contributed by atoms with van der Waals surface area (Å²) in [6, 6.07) is 7.99. The van der Waals surface area contributed by atoms with Gasteiger partial charge in [0.1, 0.15) is 6.54 Å². The summed E-state index contributed by atoms with van der Waals surface area (Å²) >= 11 is 0. The van der Waals surface area contributed by atoms with Gasteiger partial charge in [-0.05, 0) is 30.9 Å². The zero-order chi connectivity index (χ0) is 15.5. The molecule has 2 heterocycles. The second kappa shape index (κ2) is 6.48. The number of hydrogen-bond acceptors (Lipinski definition) is 3. The highest BCUT2D eigenvalue weighted by atomic mass is 16.5. The van der Waals surface area contributed by atoms with E-state index >= 15 is 0 Å². The van der Waals surface area contributed by atoms with E-state index in [2.05, 4.69) is 0 Å². The first-order chi connectivity index (χ1) is 10.7. The Morgan fingerprint density at radius 3 is 2.95 bits per heavy atom. The van der Waals surface area contributed by atoms with E-state index in [9.17, 15) is 9.59 Å². The number of likely N-dealkylation sites (tertiary alicyclic amines) is 1. The third-order valence-corrected chi connectivity index (χ3v) is 4.54. The lowest BCUT2D eigenvalue weighted by Crippen LogP contribution is -2.47. The van der Waals surface area contributed by atoms with E-state index in [1.165, 1.54) is 0 Å². The van der Waals surface area contributed by atoms with Crippen LogP contribution in [0.1, 0.15) is 24.8 Å². The molecule has 1 aromatic carbocycles. The Kier molecular flexibility index (Phi) is 4.43. The fraction of sp³-hybridized carbons (Fsp3) is 0.529. The Balaban J connectivity index is 1.75. The minimum atomic E-state index is 0.0182. The number of nitrogens with zero attached hydrogens (tertiary/aromatic N) is 2. The van der Waals surface area contributed by atoms with E-state index in [1.807, 2.05) is 29.2 Å². The molecule has 1 atom stereocenters. The molecule has 5 nitrogen and oxygen atoms in total. The first kappa shape index (κ1) is 15.0. The lowest BCUT2D eigenvalue weighted by molar-refractivity contribution is -0.133. The minimum Gasteiger partial charge on any atom is -0.383 e. The smallest absolute Gasteiger partial charge is 0.242 e. The average molecular weight is 302 g/mol. The summed E-state index contributed by atoms with van der Waals surface area (Å²) in [5, 5.41) is 0. The number of anilines is 1. The normalized spacial score (nSPS) is 21.1. The molecule has 0 aliphatic carbocycles. The van der Waals surface area contributed by atoms with Gasteiger partial charge in [0.15, 0.2) is 0 Å². The van der Waals surface area contributed by atoms with Crippen molar-refractivity contribution in [2.45, 2.75) is 31.7 Å². The minimum absolute atomic E-state index is 0.0182. The summed E-state index contributed by atoms with van der Waals surface area (Å²) in [5.41, 5.74) is 2.03. The van der Waals surface area contributed by atoms with Gasteiger partial charge in [0.2, 0.25) is 11.8 Å². The summed E-state index contributed by atoms with van der Waals surface area (Å²) < 4.78 is 5.20. The summed E-state index contributed by atoms with van der Waals surface area (Å²) in [6.07, 6.45) is 3.22. The van der Waals surface area contributed by atoms with E-state index in [1.54, 1.807) is 12.0 Å². The fourth-order valence-corrected chi connectivity index (χ4v) is 3.43. The number of carbonyl (C=O) groups excluding carboxylic acids is 2. The number of carbonyl (C=O) groups is 2. The van der Waals surface area contributed by atoms with Crippen molar-refractivity contribution in [3.05, 3.63) is 29.8 Å². The van der Waals surface area contributed by atoms with Gasteiger partial charge in [-0.1, -0.05) is 18.2 Å². The van der Waals surface area contributed by atoms with Crippen molar-refractivity contribution in [1.82, 2.24) is 4.90 Å². The summed E-state index contributed by atoms with van der Waals surface area (Å²) in [7, 11) is 1.66. The molecule has 2 aliphatic heterocycles. The Morgan fingerprint density at radius 1 is 1.32 bits per heavy atom. The molecule has 1 aromatic rings. The van der Waals surface area contributed by atoms with Crippen LogP contribution in [0.15, 0.2) is 24.3 Å². The molecule has 0 radical (unpaired) electrons. The highest BCUT2D eigenvalue weighted by Crippen LogP contribution is 2.28. The second-order valence-electron chi connectivity index (χ2n) is 5.95. The van der Waals surface area contributed by atoms with Crippen molar-refractivity contribution in [1.29, 1.82) is 0 Å². The maximum absolute atomic E-state index is 12.6. The van der Waals surface area contributed by atoms with Crippen LogP contribution >= 0.6 is 0 Å². The average Bonchev–Trinajstić information content (AvgIpc) is 2.99. The van der Waals surface area contributed by atoms with Crippen molar-refractivity contribution < 1.29 is 14.3 Å². The van der Waals surface area contributed by atoms with Crippen LogP contribution in [0.3, 0.4) is 0 Å². The molecule has 22 heavy (non-hydrogen) atoms. The van der Waals surface area contributed by atoms with Crippen LogP contribution in [-0.2, 0) is 20.7 Å². The SMILES string of the molecule is COC[C@@H]1CCCN1C(=O)CN1C(=O)CCc2ccccc21. The van der Waals surface area contributed by atoms with Crippen molar-refractivity contribution in [2.75, 3.05) is 31.7 Å². The Morgan fingerprint density at radius 2 is 2.14 bits per heavy atom. The highest BCUT2D eigenvalue weighted by Gasteiger charge is 2.32. The van der Waals surface area contributed by atoms with Gasteiger partial charge in [0.25, 0.3) is 0 Å². The molecule has 0 aromatic heterocycles. The van der Waals surface area contributed by atoms with E-state index in [-0.39, 0.29) is 24.4 Å². The fourth-order valence-electron chi connectivity index (χ4n) is 3.43. The number of methoxy groups -OCH3 is 1. The zero-order valence-electron chi connectivity index (χ0n) is 13.0. The molecule has 0 bridgehead atoms. The molecule has 2 aliphatic rings. The van der Waals surface area contributed by atoms with Crippen LogP contribution in [0.2, 0.25) is 0 Å². The molecule has 0 unspecified atom stereocenters. The van der Waals surface area contributed by atoms with Gasteiger partial charge in [-0.15, -0.1) is 0 Å². The van der Waals surface area contributed by atoms with Gasteiger partial charge in [0, 0.05) is 25.8 Å². The molecular formula is C17H22N2O3. The third-order valence-electron chi connectivity index (χ3n) is 4.54. The largest absolute Gasteiger partial charge is 0.383 e. The molecule has 2 amide bonds. The number of para-hydroxylation sites is 1. The van der Waals surface area contributed by atoms with Crippen LogP contribution in [0.5, 0.6) is 0 Å². The van der Waals surface area contributed by atoms with Gasteiger partial charge < -0.3 is 14.5 Å². The number of fused-ring (bicyclic) bond motifs is 1. The molecule has 1 saturated heterocycles. The maximum atomic E-state index is 12.6. The standard InChI is InChI=1S/C17H22N2O3/c1-22-12-14-6-4-10-18(14)17(21)11-19-15-7-3-2-5-13(15)8-9-16(19)20/h2-3,5,7,14H,4,6,8-12H2,1H3/t14-/m0/s1. The number of rotatable bonds is 4. The van der Waals surface area contributed by atoms with Crippen molar-refractivity contribution in [2.24, 2.45) is 0 Å². The van der Waals surface area contributed by atoms with Crippen LogP contribution in [0.4, 0.5) is 5.69 Å². The number of ether oxygens (including phenoxy) is 1. The second-order valence-corrected chi connectivity index (χ2v) is 5.95. The number of benzene rings is 1.